The second-order valence-electron chi connectivity index (χ2n) is 7.24. The number of hydrogen-bond acceptors (Lipinski definition) is 3. The zero-order valence-corrected chi connectivity index (χ0v) is 17.2. The Morgan fingerprint density at radius 2 is 1.78 bits per heavy atom. The summed E-state index contributed by atoms with van der Waals surface area (Å²) in [4.78, 5) is 12.3. The fraction of sp³-hybridized carbons (Fsp3) is 0.364. The van der Waals surface area contributed by atoms with E-state index < -0.39 is 0 Å². The van der Waals surface area contributed by atoms with E-state index in [4.69, 9.17) is 17.0 Å². The summed E-state index contributed by atoms with van der Waals surface area (Å²) in [5.74, 6) is 1.58. The molecule has 144 valence electrons. The number of benzene rings is 2. The van der Waals surface area contributed by atoms with E-state index in [1.165, 1.54) is 5.56 Å². The molecule has 0 atom stereocenters. The molecule has 0 bridgehead atoms. The van der Waals surface area contributed by atoms with Gasteiger partial charge >= 0.3 is 0 Å². The number of carbonyl (C=O) groups is 1. The molecule has 0 spiro atoms. The number of amides is 1. The first kappa shape index (κ1) is 20.9. The molecule has 2 rings (SSSR count). The van der Waals surface area contributed by atoms with Gasteiger partial charge in [-0.2, -0.15) is 0 Å². The molecule has 2 aromatic rings. The van der Waals surface area contributed by atoms with Crippen LogP contribution in [0.25, 0.3) is 0 Å². The number of hydrogen-bond donors (Lipinski definition) is 2. The third-order valence-corrected chi connectivity index (χ3v) is 4.33. The Balaban J connectivity index is 1.90. The molecule has 0 saturated carbocycles. The lowest BCUT2D eigenvalue weighted by Gasteiger charge is -2.12. The van der Waals surface area contributed by atoms with Crippen LogP contribution in [0.2, 0.25) is 0 Å². The fourth-order valence-corrected chi connectivity index (χ4v) is 2.64. The molecule has 27 heavy (non-hydrogen) atoms. The average Bonchev–Trinajstić information content (AvgIpc) is 2.61. The molecular weight excluding hydrogens is 356 g/mol. The Morgan fingerprint density at radius 1 is 1.07 bits per heavy atom. The molecule has 0 radical (unpaired) electrons. The number of thiocarbonyl (C=S) groups is 1. The lowest BCUT2D eigenvalue weighted by atomic mass is 10.0. The molecule has 0 heterocycles. The highest BCUT2D eigenvalue weighted by molar-refractivity contribution is 7.80. The summed E-state index contributed by atoms with van der Waals surface area (Å²) in [6.07, 6.45) is 1.00. The van der Waals surface area contributed by atoms with Crippen LogP contribution in [0, 0.1) is 5.92 Å². The van der Waals surface area contributed by atoms with Crippen LogP contribution < -0.4 is 15.4 Å². The SMILES string of the molecule is CC(C)CCOc1cccc(NC(=S)NC(=O)c2ccc(C(C)C)cc2)c1. The van der Waals surface area contributed by atoms with E-state index >= 15 is 0 Å². The lowest BCUT2D eigenvalue weighted by molar-refractivity contribution is 0.0977. The van der Waals surface area contributed by atoms with Crippen molar-refractivity contribution in [1.29, 1.82) is 0 Å². The van der Waals surface area contributed by atoms with Gasteiger partial charge in [-0.1, -0.05) is 45.9 Å². The minimum Gasteiger partial charge on any atom is -0.494 e. The molecule has 5 heteroatoms. The Bertz CT molecular complexity index is 770. The third-order valence-electron chi connectivity index (χ3n) is 4.12. The number of rotatable bonds is 7. The first-order valence-corrected chi connectivity index (χ1v) is 9.71. The summed E-state index contributed by atoms with van der Waals surface area (Å²) >= 11 is 5.26. The largest absolute Gasteiger partial charge is 0.494 e. The van der Waals surface area contributed by atoms with Crippen molar-refractivity contribution in [3.05, 3.63) is 59.7 Å². The van der Waals surface area contributed by atoms with E-state index in [9.17, 15) is 4.79 Å². The molecule has 2 N–H and O–H groups in total. The van der Waals surface area contributed by atoms with Gasteiger partial charge in [0, 0.05) is 17.3 Å². The summed E-state index contributed by atoms with van der Waals surface area (Å²) in [7, 11) is 0. The van der Waals surface area contributed by atoms with Crippen molar-refractivity contribution >= 4 is 28.9 Å². The maximum Gasteiger partial charge on any atom is 0.257 e. The smallest absolute Gasteiger partial charge is 0.257 e. The van der Waals surface area contributed by atoms with Gasteiger partial charge in [0.15, 0.2) is 5.11 Å². The van der Waals surface area contributed by atoms with Crippen molar-refractivity contribution in [1.82, 2.24) is 5.32 Å². The fourth-order valence-electron chi connectivity index (χ4n) is 2.43. The van der Waals surface area contributed by atoms with E-state index in [0.29, 0.717) is 24.0 Å². The topological polar surface area (TPSA) is 50.4 Å². The van der Waals surface area contributed by atoms with Gasteiger partial charge in [-0.15, -0.1) is 0 Å². The maximum absolute atomic E-state index is 12.3. The van der Waals surface area contributed by atoms with Gasteiger partial charge in [0.1, 0.15) is 5.75 Å². The lowest BCUT2D eigenvalue weighted by Crippen LogP contribution is -2.34. The molecule has 0 fully saturated rings. The highest BCUT2D eigenvalue weighted by atomic mass is 32.1. The second kappa shape index (κ2) is 10.1. The molecule has 0 aliphatic carbocycles. The minimum atomic E-state index is -0.229. The molecule has 0 unspecified atom stereocenters. The average molecular weight is 385 g/mol. The van der Waals surface area contributed by atoms with Gasteiger partial charge in [-0.3, -0.25) is 10.1 Å². The summed E-state index contributed by atoms with van der Waals surface area (Å²) in [5, 5.41) is 6.00. The Morgan fingerprint density at radius 3 is 2.41 bits per heavy atom. The van der Waals surface area contributed by atoms with Crippen LogP contribution in [0.1, 0.15) is 56.0 Å². The zero-order chi connectivity index (χ0) is 19.8. The standard InChI is InChI=1S/C22H28N2O2S/c1-15(2)12-13-26-20-7-5-6-19(14-20)23-22(27)24-21(25)18-10-8-17(9-11-18)16(3)4/h5-11,14-16H,12-13H2,1-4H3,(H2,23,24,25,27). The van der Waals surface area contributed by atoms with Crippen molar-refractivity contribution in [2.75, 3.05) is 11.9 Å². The van der Waals surface area contributed by atoms with Crippen molar-refractivity contribution in [2.45, 2.75) is 40.0 Å². The van der Waals surface area contributed by atoms with Crippen LogP contribution in [0.4, 0.5) is 5.69 Å². The summed E-state index contributed by atoms with van der Waals surface area (Å²) in [6.45, 7) is 9.25. The Labute approximate surface area is 167 Å². The zero-order valence-electron chi connectivity index (χ0n) is 16.4. The van der Waals surface area contributed by atoms with Crippen molar-refractivity contribution in [3.8, 4) is 5.75 Å². The number of ether oxygens (including phenoxy) is 1. The summed E-state index contributed by atoms with van der Waals surface area (Å²) in [5.41, 5.74) is 2.55. The predicted molar refractivity (Wildman–Crippen MR) is 116 cm³/mol. The van der Waals surface area contributed by atoms with Crippen LogP contribution >= 0.6 is 12.2 Å². The van der Waals surface area contributed by atoms with Gasteiger partial charge in [0.25, 0.3) is 5.91 Å². The first-order chi connectivity index (χ1) is 12.8. The van der Waals surface area contributed by atoms with Crippen LogP contribution in [-0.2, 0) is 0 Å². The number of anilines is 1. The maximum atomic E-state index is 12.3. The van der Waals surface area contributed by atoms with Gasteiger partial charge in [-0.05, 0) is 60.3 Å². The molecule has 0 aliphatic rings. The monoisotopic (exact) mass is 384 g/mol. The molecule has 0 saturated heterocycles. The molecule has 1 amide bonds. The van der Waals surface area contributed by atoms with Crippen molar-refractivity contribution < 1.29 is 9.53 Å². The molecule has 4 nitrogen and oxygen atoms in total. The summed E-state index contributed by atoms with van der Waals surface area (Å²) in [6, 6.07) is 15.1. The number of carbonyl (C=O) groups excluding carboxylic acids is 1. The van der Waals surface area contributed by atoms with E-state index in [0.717, 1.165) is 17.9 Å². The van der Waals surface area contributed by atoms with Crippen LogP contribution in [0.3, 0.4) is 0 Å². The summed E-state index contributed by atoms with van der Waals surface area (Å²) < 4.78 is 5.75. The number of nitrogens with one attached hydrogen (secondary N) is 2. The highest BCUT2D eigenvalue weighted by Crippen LogP contribution is 2.18. The quantitative estimate of drug-likeness (QED) is 0.631. The van der Waals surface area contributed by atoms with Crippen molar-refractivity contribution in [3.63, 3.8) is 0 Å². The van der Waals surface area contributed by atoms with Crippen molar-refractivity contribution in [2.24, 2.45) is 5.92 Å². The Kier molecular flexibility index (Phi) is 7.80. The molecular formula is C22H28N2O2S. The molecule has 0 aliphatic heterocycles. The van der Waals surface area contributed by atoms with Crippen LogP contribution in [-0.4, -0.2) is 17.6 Å². The van der Waals surface area contributed by atoms with Crippen LogP contribution in [0.15, 0.2) is 48.5 Å². The molecule has 0 aromatic heterocycles. The van der Waals surface area contributed by atoms with E-state index in [2.05, 4.69) is 38.3 Å². The van der Waals surface area contributed by atoms with Gasteiger partial charge in [-0.25, -0.2) is 0 Å². The normalized spacial score (nSPS) is 10.7. The third kappa shape index (κ3) is 7.02. The highest BCUT2D eigenvalue weighted by Gasteiger charge is 2.09. The Hall–Kier alpha value is -2.40. The van der Waals surface area contributed by atoms with E-state index in [1.54, 1.807) is 0 Å². The van der Waals surface area contributed by atoms with E-state index in [-0.39, 0.29) is 11.0 Å². The molecule has 2 aromatic carbocycles. The van der Waals surface area contributed by atoms with Gasteiger partial charge < -0.3 is 10.1 Å². The predicted octanol–water partition coefficient (Wildman–Crippen LogP) is 5.36. The second-order valence-corrected chi connectivity index (χ2v) is 7.65. The van der Waals surface area contributed by atoms with Gasteiger partial charge in [0.2, 0.25) is 0 Å². The van der Waals surface area contributed by atoms with Gasteiger partial charge in [0.05, 0.1) is 6.61 Å². The van der Waals surface area contributed by atoms with E-state index in [1.807, 2.05) is 48.5 Å². The minimum absolute atomic E-state index is 0.229. The van der Waals surface area contributed by atoms with Crippen LogP contribution in [0.5, 0.6) is 5.75 Å². The first-order valence-electron chi connectivity index (χ1n) is 9.30.